The van der Waals surface area contributed by atoms with Crippen molar-refractivity contribution in [3.63, 3.8) is 0 Å². The highest BCUT2D eigenvalue weighted by atomic mass is 16.7. The van der Waals surface area contributed by atoms with Crippen LogP contribution in [-0.2, 0) is 10.3 Å². The van der Waals surface area contributed by atoms with Crippen molar-refractivity contribution in [2.45, 2.75) is 42.2 Å². The summed E-state index contributed by atoms with van der Waals surface area (Å²) in [4.78, 5) is 13.1. The smallest absolute Gasteiger partial charge is 0.184 e. The van der Waals surface area contributed by atoms with Crippen LogP contribution in [0.4, 0.5) is 0 Å². The third kappa shape index (κ3) is 3.02. The molecule has 1 fully saturated rings. The molecule has 2 aromatic carbocycles. The Labute approximate surface area is 181 Å². The van der Waals surface area contributed by atoms with Crippen LogP contribution in [0.1, 0.15) is 22.3 Å². The zero-order chi connectivity index (χ0) is 23.4. The number of benzene rings is 2. The van der Waals surface area contributed by atoms with E-state index in [1.807, 2.05) is 0 Å². The number of carbonyl (C=O) groups is 1. The van der Waals surface area contributed by atoms with E-state index in [0.29, 0.717) is 0 Å². The maximum atomic E-state index is 13.1. The molecule has 0 spiro atoms. The summed E-state index contributed by atoms with van der Waals surface area (Å²) >= 11 is 0. The van der Waals surface area contributed by atoms with Crippen molar-refractivity contribution in [3.05, 3.63) is 47.5 Å². The molecule has 6 atom stereocenters. The number of aliphatic hydroxyl groups excluding tert-OH is 5. The quantitative estimate of drug-likeness (QED) is 0.280. The molecule has 172 valence electrons. The Morgan fingerprint density at radius 1 is 0.938 bits per heavy atom. The van der Waals surface area contributed by atoms with Crippen molar-refractivity contribution in [2.75, 3.05) is 6.61 Å². The molecule has 11 nitrogen and oxygen atoms in total. The van der Waals surface area contributed by atoms with E-state index < -0.39 is 66.1 Å². The fourth-order valence-electron chi connectivity index (χ4n) is 4.44. The number of phenols is 3. The van der Waals surface area contributed by atoms with Crippen LogP contribution in [0, 0.1) is 0 Å². The van der Waals surface area contributed by atoms with Crippen molar-refractivity contribution in [3.8, 4) is 23.0 Å². The lowest BCUT2D eigenvalue weighted by Crippen LogP contribution is -2.75. The van der Waals surface area contributed by atoms with E-state index >= 15 is 0 Å². The van der Waals surface area contributed by atoms with Crippen LogP contribution in [-0.4, -0.2) is 83.4 Å². The number of ketones is 1. The molecule has 2 aliphatic heterocycles. The molecule has 2 aliphatic rings. The predicted octanol–water partition coefficient (Wildman–Crippen LogP) is -1.17. The van der Waals surface area contributed by atoms with Crippen molar-refractivity contribution in [1.29, 1.82) is 0 Å². The zero-order valence-electron chi connectivity index (χ0n) is 16.5. The van der Waals surface area contributed by atoms with Crippen LogP contribution in [0.2, 0.25) is 0 Å². The van der Waals surface area contributed by atoms with Crippen LogP contribution in [0.5, 0.6) is 23.0 Å². The average Bonchev–Trinajstić information content (AvgIpc) is 2.74. The van der Waals surface area contributed by atoms with Crippen molar-refractivity contribution in [1.82, 2.24) is 0 Å². The van der Waals surface area contributed by atoms with Gasteiger partial charge in [-0.15, -0.1) is 0 Å². The van der Waals surface area contributed by atoms with Crippen molar-refractivity contribution in [2.24, 2.45) is 0 Å². The Kier molecular flexibility index (Phi) is 5.28. The van der Waals surface area contributed by atoms with Gasteiger partial charge in [0.15, 0.2) is 23.3 Å². The standard InChI is InChI=1S/C21H22O11/c22-8-21(18(29)16(27)17(28)19(30)32-21)20(9-1-3-10(23)4-2-9)7-13(26)15-12(25)5-11(24)6-14(15)31-20/h1-6,16-19,22-25,27-30H,7-8H2/t16-,17-,18+,19?,20?,21-/m1/s1. The maximum absolute atomic E-state index is 13.1. The first-order valence-electron chi connectivity index (χ1n) is 9.65. The van der Waals surface area contributed by atoms with Gasteiger partial charge in [-0.3, -0.25) is 4.79 Å². The largest absolute Gasteiger partial charge is 0.508 e. The predicted molar refractivity (Wildman–Crippen MR) is 104 cm³/mol. The Morgan fingerprint density at radius 2 is 1.59 bits per heavy atom. The topological polar surface area (TPSA) is 197 Å². The minimum atomic E-state index is -2.41. The molecule has 2 heterocycles. The Hall–Kier alpha value is -2.93. The van der Waals surface area contributed by atoms with Gasteiger partial charge >= 0.3 is 0 Å². The molecule has 1 saturated heterocycles. The Morgan fingerprint density at radius 3 is 2.22 bits per heavy atom. The lowest BCUT2D eigenvalue weighted by atomic mass is 9.67. The SMILES string of the molecule is O=C1CC(c2ccc(O)cc2)([C@]2(CO)OC(O)[C@H](O)[C@@H](O)[C@@H]2O)Oc2cc(O)cc(O)c21. The molecular formula is C21H22O11. The Balaban J connectivity index is 2.00. The van der Waals surface area contributed by atoms with E-state index in [-0.39, 0.29) is 22.6 Å². The molecule has 0 saturated carbocycles. The van der Waals surface area contributed by atoms with Gasteiger partial charge in [0.05, 0.1) is 13.0 Å². The van der Waals surface area contributed by atoms with Crippen molar-refractivity contribution >= 4 is 5.78 Å². The summed E-state index contributed by atoms with van der Waals surface area (Å²) in [5.41, 5.74) is -4.73. The lowest BCUT2D eigenvalue weighted by Gasteiger charge is -2.56. The first-order chi connectivity index (χ1) is 15.1. The highest BCUT2D eigenvalue weighted by Gasteiger charge is 2.68. The third-order valence-electron chi connectivity index (χ3n) is 6.07. The third-order valence-corrected chi connectivity index (χ3v) is 6.07. The molecule has 4 rings (SSSR count). The number of aliphatic hydroxyl groups is 5. The molecule has 32 heavy (non-hydrogen) atoms. The number of rotatable bonds is 3. The summed E-state index contributed by atoms with van der Waals surface area (Å²) in [5, 5.41) is 81.6. The first kappa shape index (κ1) is 22.3. The fourth-order valence-corrected chi connectivity index (χ4v) is 4.44. The van der Waals surface area contributed by atoms with Gasteiger partial charge in [-0.1, -0.05) is 12.1 Å². The van der Waals surface area contributed by atoms with Crippen LogP contribution in [0.25, 0.3) is 0 Å². The minimum Gasteiger partial charge on any atom is -0.508 e. The van der Waals surface area contributed by atoms with Gasteiger partial charge in [-0.2, -0.15) is 0 Å². The number of fused-ring (bicyclic) bond motifs is 1. The van der Waals surface area contributed by atoms with Gasteiger partial charge in [0.25, 0.3) is 0 Å². The van der Waals surface area contributed by atoms with E-state index in [0.717, 1.165) is 12.1 Å². The summed E-state index contributed by atoms with van der Waals surface area (Å²) in [7, 11) is 0. The number of ether oxygens (including phenoxy) is 2. The number of Topliss-reactive ketones (excluding diaryl/α,β-unsaturated/α-hetero) is 1. The molecule has 0 aromatic heterocycles. The van der Waals surface area contributed by atoms with Gasteiger partial charge in [0, 0.05) is 12.1 Å². The minimum absolute atomic E-state index is 0.0843. The highest BCUT2D eigenvalue weighted by molar-refractivity contribution is 6.03. The van der Waals surface area contributed by atoms with Crippen molar-refractivity contribution < 1.29 is 55.1 Å². The lowest BCUT2D eigenvalue weighted by molar-refractivity contribution is -0.364. The molecule has 2 unspecified atom stereocenters. The molecule has 11 heteroatoms. The van der Waals surface area contributed by atoms with E-state index in [4.69, 9.17) is 9.47 Å². The number of hydrogen-bond donors (Lipinski definition) is 8. The molecule has 0 amide bonds. The second-order valence-corrected chi connectivity index (χ2v) is 7.90. The van der Waals surface area contributed by atoms with Gasteiger partial charge in [0.2, 0.25) is 0 Å². The second kappa shape index (κ2) is 7.59. The van der Waals surface area contributed by atoms with Gasteiger partial charge in [0.1, 0.15) is 46.9 Å². The normalized spacial score (nSPS) is 34.6. The summed E-state index contributed by atoms with van der Waals surface area (Å²) in [5.74, 6) is -2.21. The zero-order valence-corrected chi connectivity index (χ0v) is 16.5. The molecular weight excluding hydrogens is 428 g/mol. The first-order valence-corrected chi connectivity index (χ1v) is 9.65. The highest BCUT2D eigenvalue weighted by Crippen LogP contribution is 2.53. The molecule has 0 bridgehead atoms. The van der Waals surface area contributed by atoms with Crippen LogP contribution in [0.15, 0.2) is 36.4 Å². The summed E-state index contributed by atoms with van der Waals surface area (Å²) in [6.45, 7) is -1.09. The number of aromatic hydroxyl groups is 3. The van der Waals surface area contributed by atoms with E-state index in [2.05, 4.69) is 0 Å². The van der Waals surface area contributed by atoms with E-state index in [1.54, 1.807) is 0 Å². The molecule has 0 aliphatic carbocycles. The van der Waals surface area contributed by atoms with Gasteiger partial charge < -0.3 is 50.3 Å². The van der Waals surface area contributed by atoms with Gasteiger partial charge in [-0.05, 0) is 17.7 Å². The summed E-state index contributed by atoms with van der Waals surface area (Å²) in [6.07, 6.45) is -8.73. The van der Waals surface area contributed by atoms with Crippen LogP contribution in [0.3, 0.4) is 0 Å². The fraction of sp³-hybridized carbons (Fsp3) is 0.381. The number of phenolic OH excluding ortho intramolecular Hbond substituents is 3. The molecule has 0 radical (unpaired) electrons. The van der Waals surface area contributed by atoms with E-state index in [1.165, 1.54) is 24.3 Å². The Bertz CT molecular complexity index is 1040. The maximum Gasteiger partial charge on any atom is 0.184 e. The monoisotopic (exact) mass is 450 g/mol. The molecule has 2 aromatic rings. The van der Waals surface area contributed by atoms with Crippen LogP contribution >= 0.6 is 0 Å². The summed E-state index contributed by atoms with van der Waals surface area (Å²) in [6, 6.07) is 7.07. The van der Waals surface area contributed by atoms with E-state index in [9.17, 15) is 45.6 Å². The number of carbonyl (C=O) groups excluding carboxylic acids is 1. The molecule has 8 N–H and O–H groups in total. The second-order valence-electron chi connectivity index (χ2n) is 7.90. The summed E-state index contributed by atoms with van der Waals surface area (Å²) < 4.78 is 11.5. The average molecular weight is 450 g/mol. The van der Waals surface area contributed by atoms with Gasteiger partial charge in [-0.25, -0.2) is 0 Å². The van der Waals surface area contributed by atoms with Crippen LogP contribution < -0.4 is 4.74 Å². The number of hydrogen-bond acceptors (Lipinski definition) is 11.